The van der Waals surface area contributed by atoms with E-state index in [0.717, 1.165) is 6.42 Å². The van der Waals surface area contributed by atoms with Crippen LogP contribution in [0.2, 0.25) is 5.02 Å². The summed E-state index contributed by atoms with van der Waals surface area (Å²) < 4.78 is 5.69. The number of carbonyl (C=O) groups excluding carboxylic acids is 1. The standard InChI is InChI=1S/C19H21ClN2O4/c1-2-11-22(13-19(24)25)12-18(23)21-14-7-9-15(10-8-14)26-17-6-4-3-5-16(17)20/h3-10H,2,11-13H2,1H3,(H,21,23)(H,24,25). The fourth-order valence-electron chi connectivity index (χ4n) is 2.39. The number of carboxylic acid groups (broad SMARTS) is 1. The van der Waals surface area contributed by atoms with E-state index in [2.05, 4.69) is 5.32 Å². The predicted molar refractivity (Wildman–Crippen MR) is 101 cm³/mol. The average Bonchev–Trinajstić information content (AvgIpc) is 2.58. The molecule has 1 amide bonds. The molecule has 2 aromatic carbocycles. The van der Waals surface area contributed by atoms with Crippen molar-refractivity contribution in [1.82, 2.24) is 4.90 Å². The molecule has 7 heteroatoms. The van der Waals surface area contributed by atoms with Crippen LogP contribution in [0, 0.1) is 0 Å². The lowest BCUT2D eigenvalue weighted by molar-refractivity contribution is -0.138. The molecule has 2 rings (SSSR count). The number of para-hydroxylation sites is 1. The molecular weight excluding hydrogens is 356 g/mol. The van der Waals surface area contributed by atoms with Gasteiger partial charge < -0.3 is 15.2 Å². The lowest BCUT2D eigenvalue weighted by atomic mass is 10.3. The molecule has 0 aliphatic heterocycles. The normalized spacial score (nSPS) is 10.6. The smallest absolute Gasteiger partial charge is 0.317 e. The van der Waals surface area contributed by atoms with E-state index in [1.165, 1.54) is 0 Å². The van der Waals surface area contributed by atoms with Gasteiger partial charge in [0.1, 0.15) is 11.5 Å². The number of anilines is 1. The molecule has 0 aliphatic rings. The Balaban J connectivity index is 1.92. The fraction of sp³-hybridized carbons (Fsp3) is 0.263. The van der Waals surface area contributed by atoms with Gasteiger partial charge in [-0.2, -0.15) is 0 Å². The highest BCUT2D eigenvalue weighted by atomic mass is 35.5. The zero-order chi connectivity index (χ0) is 18.9. The maximum absolute atomic E-state index is 12.1. The molecule has 2 N–H and O–H groups in total. The van der Waals surface area contributed by atoms with Gasteiger partial charge in [0.25, 0.3) is 0 Å². The number of amides is 1. The first-order valence-corrected chi connectivity index (χ1v) is 8.62. The molecule has 0 radical (unpaired) electrons. The van der Waals surface area contributed by atoms with Crippen molar-refractivity contribution in [2.24, 2.45) is 0 Å². The molecule has 2 aromatic rings. The molecule has 0 aliphatic carbocycles. The SMILES string of the molecule is CCCN(CC(=O)O)CC(=O)Nc1ccc(Oc2ccccc2Cl)cc1. The van der Waals surface area contributed by atoms with Crippen LogP contribution < -0.4 is 10.1 Å². The van der Waals surface area contributed by atoms with Crippen LogP contribution in [-0.2, 0) is 9.59 Å². The minimum atomic E-state index is -0.952. The molecule has 26 heavy (non-hydrogen) atoms. The molecule has 0 bridgehead atoms. The average molecular weight is 377 g/mol. The Morgan fingerprint density at radius 1 is 1.12 bits per heavy atom. The van der Waals surface area contributed by atoms with Crippen molar-refractivity contribution < 1.29 is 19.4 Å². The molecule has 0 fully saturated rings. The number of ether oxygens (including phenoxy) is 1. The van der Waals surface area contributed by atoms with Crippen LogP contribution in [0.15, 0.2) is 48.5 Å². The summed E-state index contributed by atoms with van der Waals surface area (Å²) in [5.74, 6) is -0.0730. The summed E-state index contributed by atoms with van der Waals surface area (Å²) in [6.45, 7) is 2.35. The van der Waals surface area contributed by atoms with Gasteiger partial charge in [0.2, 0.25) is 5.91 Å². The molecule has 0 saturated carbocycles. The minimum Gasteiger partial charge on any atom is -0.480 e. The fourth-order valence-corrected chi connectivity index (χ4v) is 2.56. The Morgan fingerprint density at radius 3 is 2.42 bits per heavy atom. The summed E-state index contributed by atoms with van der Waals surface area (Å²) >= 11 is 6.06. The predicted octanol–water partition coefficient (Wildman–Crippen LogP) is 3.87. The number of rotatable bonds is 9. The Labute approximate surface area is 157 Å². The molecule has 0 unspecified atom stereocenters. The Morgan fingerprint density at radius 2 is 1.81 bits per heavy atom. The zero-order valence-corrected chi connectivity index (χ0v) is 15.2. The highest BCUT2D eigenvalue weighted by Gasteiger charge is 2.13. The first-order valence-electron chi connectivity index (χ1n) is 8.24. The Hall–Kier alpha value is -2.57. The van der Waals surface area contributed by atoms with Gasteiger partial charge in [0.05, 0.1) is 18.1 Å². The summed E-state index contributed by atoms with van der Waals surface area (Å²) in [6.07, 6.45) is 0.772. The summed E-state index contributed by atoms with van der Waals surface area (Å²) in [5, 5.41) is 12.2. The van der Waals surface area contributed by atoms with Crippen molar-refractivity contribution in [3.05, 3.63) is 53.6 Å². The number of carbonyl (C=O) groups is 2. The van der Waals surface area contributed by atoms with Crippen molar-refractivity contribution in [1.29, 1.82) is 0 Å². The van der Waals surface area contributed by atoms with Crippen LogP contribution in [0.4, 0.5) is 5.69 Å². The van der Waals surface area contributed by atoms with E-state index >= 15 is 0 Å². The maximum atomic E-state index is 12.1. The van der Waals surface area contributed by atoms with Gasteiger partial charge in [-0.25, -0.2) is 0 Å². The van der Waals surface area contributed by atoms with E-state index in [-0.39, 0.29) is 19.0 Å². The largest absolute Gasteiger partial charge is 0.480 e. The first-order chi connectivity index (χ1) is 12.5. The first kappa shape index (κ1) is 19.8. The second kappa shape index (κ2) is 9.79. The number of benzene rings is 2. The van der Waals surface area contributed by atoms with Crippen molar-refractivity contribution in [3.63, 3.8) is 0 Å². The van der Waals surface area contributed by atoms with Crippen LogP contribution in [0.1, 0.15) is 13.3 Å². The topological polar surface area (TPSA) is 78.9 Å². The van der Waals surface area contributed by atoms with Gasteiger partial charge >= 0.3 is 5.97 Å². The van der Waals surface area contributed by atoms with Crippen molar-refractivity contribution in [3.8, 4) is 11.5 Å². The molecule has 6 nitrogen and oxygen atoms in total. The van der Waals surface area contributed by atoms with Crippen LogP contribution >= 0.6 is 11.6 Å². The molecule has 0 aromatic heterocycles. The van der Waals surface area contributed by atoms with Gasteiger partial charge in [-0.05, 0) is 49.4 Å². The molecular formula is C19H21ClN2O4. The quantitative estimate of drug-likeness (QED) is 0.694. The van der Waals surface area contributed by atoms with Gasteiger partial charge in [-0.3, -0.25) is 14.5 Å². The lowest BCUT2D eigenvalue weighted by Crippen LogP contribution is -2.37. The molecule has 0 atom stereocenters. The van der Waals surface area contributed by atoms with Crippen LogP contribution in [0.3, 0.4) is 0 Å². The van der Waals surface area contributed by atoms with E-state index in [4.69, 9.17) is 21.4 Å². The number of halogens is 1. The lowest BCUT2D eigenvalue weighted by Gasteiger charge is -2.18. The van der Waals surface area contributed by atoms with Crippen LogP contribution in [0.25, 0.3) is 0 Å². The van der Waals surface area contributed by atoms with E-state index in [1.807, 2.05) is 19.1 Å². The second-order valence-corrected chi connectivity index (χ2v) is 6.12. The Kier molecular flexibility index (Phi) is 7.44. The number of hydrogen-bond donors (Lipinski definition) is 2. The molecule has 0 saturated heterocycles. The van der Waals surface area contributed by atoms with Crippen molar-refractivity contribution >= 4 is 29.2 Å². The minimum absolute atomic E-state index is 0.0258. The summed E-state index contributed by atoms with van der Waals surface area (Å²) in [5.41, 5.74) is 0.605. The van der Waals surface area contributed by atoms with Gasteiger partial charge in [-0.1, -0.05) is 30.7 Å². The Bertz CT molecular complexity index is 749. The monoisotopic (exact) mass is 376 g/mol. The third-order valence-corrected chi connectivity index (χ3v) is 3.78. The van der Waals surface area contributed by atoms with Gasteiger partial charge in [0, 0.05) is 5.69 Å². The number of nitrogens with zero attached hydrogens (tertiary/aromatic N) is 1. The van der Waals surface area contributed by atoms with E-state index in [0.29, 0.717) is 28.8 Å². The highest BCUT2D eigenvalue weighted by Crippen LogP contribution is 2.29. The van der Waals surface area contributed by atoms with E-state index in [1.54, 1.807) is 41.3 Å². The van der Waals surface area contributed by atoms with Crippen LogP contribution in [0.5, 0.6) is 11.5 Å². The number of carboxylic acids is 1. The van der Waals surface area contributed by atoms with E-state index in [9.17, 15) is 9.59 Å². The summed E-state index contributed by atoms with van der Waals surface area (Å²) in [7, 11) is 0. The van der Waals surface area contributed by atoms with Gasteiger partial charge in [0.15, 0.2) is 0 Å². The van der Waals surface area contributed by atoms with Crippen molar-refractivity contribution in [2.75, 3.05) is 25.0 Å². The van der Waals surface area contributed by atoms with Gasteiger partial charge in [-0.15, -0.1) is 0 Å². The molecule has 0 heterocycles. The maximum Gasteiger partial charge on any atom is 0.317 e. The third kappa shape index (κ3) is 6.38. The van der Waals surface area contributed by atoms with E-state index < -0.39 is 5.97 Å². The zero-order valence-electron chi connectivity index (χ0n) is 14.4. The number of aliphatic carboxylic acids is 1. The molecule has 138 valence electrons. The second-order valence-electron chi connectivity index (χ2n) is 5.71. The van der Waals surface area contributed by atoms with Crippen molar-refractivity contribution in [2.45, 2.75) is 13.3 Å². The third-order valence-electron chi connectivity index (χ3n) is 3.47. The number of hydrogen-bond acceptors (Lipinski definition) is 4. The van der Waals surface area contributed by atoms with Crippen LogP contribution in [-0.4, -0.2) is 41.5 Å². The highest BCUT2D eigenvalue weighted by molar-refractivity contribution is 6.32. The number of nitrogens with one attached hydrogen (secondary N) is 1. The summed E-state index contributed by atoms with van der Waals surface area (Å²) in [4.78, 5) is 24.5. The molecule has 0 spiro atoms. The summed E-state index contributed by atoms with van der Waals surface area (Å²) in [6, 6.07) is 14.0.